The number of hydrogen-bond acceptors (Lipinski definition) is 2. The quantitative estimate of drug-likeness (QED) is 0.836. The molecule has 1 rings (SSSR count). The molecule has 1 heterocycles. The number of hydrogen-bond donors (Lipinski definition) is 1. The van der Waals surface area contributed by atoms with Crippen molar-refractivity contribution in [2.45, 2.75) is 66.0 Å². The van der Waals surface area contributed by atoms with Gasteiger partial charge < -0.3 is 10.2 Å². The molecule has 0 bridgehead atoms. The van der Waals surface area contributed by atoms with Gasteiger partial charge in [-0.3, -0.25) is 9.59 Å². The van der Waals surface area contributed by atoms with Crippen molar-refractivity contribution in [1.29, 1.82) is 0 Å². The van der Waals surface area contributed by atoms with Crippen LogP contribution >= 0.6 is 0 Å². The van der Waals surface area contributed by atoms with Crippen molar-refractivity contribution in [3.05, 3.63) is 0 Å². The van der Waals surface area contributed by atoms with Gasteiger partial charge in [0, 0.05) is 6.54 Å². The molecule has 1 unspecified atom stereocenters. The zero-order chi connectivity index (χ0) is 14.1. The summed E-state index contributed by atoms with van der Waals surface area (Å²) >= 11 is 0. The van der Waals surface area contributed by atoms with E-state index >= 15 is 0 Å². The minimum Gasteiger partial charge on any atom is -0.340 e. The van der Waals surface area contributed by atoms with Crippen LogP contribution in [0, 0.1) is 5.41 Å². The fourth-order valence-corrected chi connectivity index (χ4v) is 2.81. The van der Waals surface area contributed by atoms with E-state index in [0.717, 1.165) is 0 Å². The fourth-order valence-electron chi connectivity index (χ4n) is 2.81. The Morgan fingerprint density at radius 3 is 2.00 bits per heavy atom. The van der Waals surface area contributed by atoms with Gasteiger partial charge in [0.1, 0.15) is 11.6 Å². The predicted octanol–water partition coefficient (Wildman–Crippen LogP) is 1.94. The maximum absolute atomic E-state index is 12.7. The van der Waals surface area contributed by atoms with E-state index < -0.39 is 5.54 Å². The topological polar surface area (TPSA) is 49.4 Å². The Balaban J connectivity index is 3.19. The summed E-state index contributed by atoms with van der Waals surface area (Å²) in [4.78, 5) is 26.8. The normalized spacial score (nSPS) is 24.1. The molecule has 1 atom stereocenters. The molecule has 0 aromatic heterocycles. The number of rotatable bonds is 3. The Bertz CT molecular complexity index is 340. The van der Waals surface area contributed by atoms with Gasteiger partial charge in [0.05, 0.1) is 0 Å². The van der Waals surface area contributed by atoms with Crippen molar-refractivity contribution < 1.29 is 9.59 Å². The maximum atomic E-state index is 12.7. The summed E-state index contributed by atoms with van der Waals surface area (Å²) in [5.41, 5.74) is -0.946. The van der Waals surface area contributed by atoms with E-state index in [1.54, 1.807) is 4.90 Å². The van der Waals surface area contributed by atoms with E-state index in [-0.39, 0.29) is 23.3 Å². The van der Waals surface area contributed by atoms with Crippen LogP contribution < -0.4 is 5.32 Å². The Hall–Kier alpha value is -1.06. The number of nitrogens with one attached hydrogen (secondary N) is 1. The third-order valence-electron chi connectivity index (χ3n) is 3.96. The van der Waals surface area contributed by atoms with E-state index in [9.17, 15) is 9.59 Å². The third-order valence-corrected chi connectivity index (χ3v) is 3.96. The van der Waals surface area contributed by atoms with Gasteiger partial charge in [0.15, 0.2) is 0 Å². The summed E-state index contributed by atoms with van der Waals surface area (Å²) in [5.74, 6) is 0.0437. The van der Waals surface area contributed by atoms with Gasteiger partial charge in [-0.15, -0.1) is 0 Å². The second-order valence-electron chi connectivity index (χ2n) is 6.14. The molecular formula is C14H26N2O2. The van der Waals surface area contributed by atoms with Crippen LogP contribution in [0.25, 0.3) is 0 Å². The first kappa shape index (κ1) is 15.0. The van der Waals surface area contributed by atoms with Crippen LogP contribution in [0.1, 0.15) is 54.4 Å². The summed E-state index contributed by atoms with van der Waals surface area (Å²) in [6.07, 6.45) is 1.28. The third kappa shape index (κ3) is 2.25. The van der Waals surface area contributed by atoms with Gasteiger partial charge in [-0.1, -0.05) is 34.6 Å². The van der Waals surface area contributed by atoms with Crippen molar-refractivity contribution in [3.8, 4) is 0 Å². The van der Waals surface area contributed by atoms with Crippen molar-refractivity contribution in [1.82, 2.24) is 10.2 Å². The van der Waals surface area contributed by atoms with Crippen LogP contribution in [-0.2, 0) is 9.59 Å². The number of carbonyl (C=O) groups excluding carboxylic acids is 2. The molecule has 104 valence electrons. The highest BCUT2D eigenvalue weighted by atomic mass is 16.2. The molecular weight excluding hydrogens is 228 g/mol. The van der Waals surface area contributed by atoms with Gasteiger partial charge in [-0.2, -0.15) is 0 Å². The Labute approximate surface area is 110 Å². The Morgan fingerprint density at radius 2 is 1.67 bits per heavy atom. The maximum Gasteiger partial charge on any atom is 0.248 e. The van der Waals surface area contributed by atoms with E-state index in [0.29, 0.717) is 19.4 Å². The van der Waals surface area contributed by atoms with Crippen molar-refractivity contribution in [3.63, 3.8) is 0 Å². The summed E-state index contributed by atoms with van der Waals surface area (Å²) in [6.45, 7) is 12.4. The highest BCUT2D eigenvalue weighted by Crippen LogP contribution is 2.32. The van der Waals surface area contributed by atoms with Crippen LogP contribution in [0.3, 0.4) is 0 Å². The highest BCUT2D eigenvalue weighted by Gasteiger charge is 2.51. The molecule has 1 fully saturated rings. The second-order valence-corrected chi connectivity index (χ2v) is 6.14. The average Bonchev–Trinajstić information content (AvgIpc) is 2.29. The number of likely N-dealkylation sites (N-methyl/N-ethyl adjacent to an activating group) is 1. The number of carbonyl (C=O) groups is 2. The number of piperazine rings is 1. The van der Waals surface area contributed by atoms with Gasteiger partial charge in [-0.25, -0.2) is 0 Å². The highest BCUT2D eigenvalue weighted by molar-refractivity contribution is 6.00. The van der Waals surface area contributed by atoms with E-state index in [1.165, 1.54) is 0 Å². The van der Waals surface area contributed by atoms with Crippen LogP contribution in [-0.4, -0.2) is 34.8 Å². The average molecular weight is 254 g/mol. The lowest BCUT2D eigenvalue weighted by atomic mass is 9.79. The van der Waals surface area contributed by atoms with Crippen LogP contribution in [0.4, 0.5) is 0 Å². The lowest BCUT2D eigenvalue weighted by Gasteiger charge is -2.49. The Morgan fingerprint density at radius 1 is 1.17 bits per heavy atom. The van der Waals surface area contributed by atoms with Crippen molar-refractivity contribution >= 4 is 11.8 Å². The first-order valence-electron chi connectivity index (χ1n) is 6.86. The lowest BCUT2D eigenvalue weighted by molar-refractivity contribution is -0.159. The molecule has 18 heavy (non-hydrogen) atoms. The Kier molecular flexibility index (Phi) is 4.08. The van der Waals surface area contributed by atoms with Gasteiger partial charge in [0.25, 0.3) is 0 Å². The van der Waals surface area contributed by atoms with Gasteiger partial charge in [-0.05, 0) is 25.2 Å². The first-order chi connectivity index (χ1) is 8.23. The van der Waals surface area contributed by atoms with Crippen LogP contribution in [0.15, 0.2) is 0 Å². The van der Waals surface area contributed by atoms with Crippen LogP contribution in [0.2, 0.25) is 0 Å². The molecule has 2 amide bonds. The molecule has 0 saturated carbocycles. The molecule has 0 spiro atoms. The summed E-state index contributed by atoms with van der Waals surface area (Å²) < 4.78 is 0. The molecule has 1 saturated heterocycles. The molecule has 4 heteroatoms. The van der Waals surface area contributed by atoms with Gasteiger partial charge >= 0.3 is 0 Å². The van der Waals surface area contributed by atoms with Crippen molar-refractivity contribution in [2.75, 3.05) is 6.54 Å². The number of nitrogens with zero attached hydrogens (tertiary/aromatic N) is 1. The largest absolute Gasteiger partial charge is 0.340 e. The SMILES string of the molecule is CCN1C(=O)C(CC)(CC)NC(=O)C1C(C)(C)C. The molecule has 1 aliphatic rings. The molecule has 4 nitrogen and oxygen atoms in total. The van der Waals surface area contributed by atoms with Crippen LogP contribution in [0.5, 0.6) is 0 Å². The summed E-state index contributed by atoms with van der Waals surface area (Å²) in [5, 5.41) is 2.97. The summed E-state index contributed by atoms with van der Waals surface area (Å²) in [6, 6.07) is -0.374. The summed E-state index contributed by atoms with van der Waals surface area (Å²) in [7, 11) is 0. The molecule has 0 aliphatic carbocycles. The first-order valence-corrected chi connectivity index (χ1v) is 6.86. The second kappa shape index (κ2) is 4.90. The lowest BCUT2D eigenvalue weighted by Crippen LogP contribution is -2.72. The van der Waals surface area contributed by atoms with Gasteiger partial charge in [0.2, 0.25) is 11.8 Å². The molecule has 0 aromatic rings. The van der Waals surface area contributed by atoms with E-state index in [1.807, 2.05) is 41.5 Å². The van der Waals surface area contributed by atoms with E-state index in [2.05, 4.69) is 5.32 Å². The minimum absolute atomic E-state index is 0.0207. The van der Waals surface area contributed by atoms with Crippen molar-refractivity contribution in [2.24, 2.45) is 5.41 Å². The molecule has 0 radical (unpaired) electrons. The smallest absolute Gasteiger partial charge is 0.248 e. The number of amides is 2. The molecule has 0 aromatic carbocycles. The fraction of sp³-hybridized carbons (Fsp3) is 0.857. The van der Waals surface area contributed by atoms with E-state index in [4.69, 9.17) is 0 Å². The standard InChI is InChI=1S/C14H26N2O2/c1-7-14(8-2)12(18)16(9-3)10(11(17)15-14)13(4,5)6/h10H,7-9H2,1-6H3,(H,15,17). The molecule has 1 N–H and O–H groups in total. The predicted molar refractivity (Wildman–Crippen MR) is 72.1 cm³/mol. The zero-order valence-electron chi connectivity index (χ0n) is 12.5. The monoisotopic (exact) mass is 254 g/mol. The minimum atomic E-state index is -0.700. The molecule has 1 aliphatic heterocycles. The zero-order valence-corrected chi connectivity index (χ0v) is 12.5.